The van der Waals surface area contributed by atoms with Crippen molar-refractivity contribution < 1.29 is 0 Å². The summed E-state index contributed by atoms with van der Waals surface area (Å²) in [4.78, 5) is 8.10. The van der Waals surface area contributed by atoms with Gasteiger partial charge in [-0.15, -0.1) is 0 Å². The van der Waals surface area contributed by atoms with Gasteiger partial charge in [0.05, 0.1) is 18.4 Å². The van der Waals surface area contributed by atoms with Gasteiger partial charge in [0.15, 0.2) is 5.69 Å². The van der Waals surface area contributed by atoms with E-state index in [2.05, 4.69) is 37.3 Å². The summed E-state index contributed by atoms with van der Waals surface area (Å²) < 4.78 is 1.04. The number of nitrogens with one attached hydrogen (secondary N) is 1. The minimum absolute atomic E-state index is 0.115. The summed E-state index contributed by atoms with van der Waals surface area (Å²) in [6.07, 6.45) is 3.02. The van der Waals surface area contributed by atoms with E-state index in [0.29, 0.717) is 11.5 Å². The maximum Gasteiger partial charge on any atom is 0.158 e. The van der Waals surface area contributed by atoms with Crippen LogP contribution in [-0.2, 0) is 0 Å². The first-order valence-corrected chi connectivity index (χ1v) is 6.22. The zero-order valence-corrected chi connectivity index (χ0v) is 11.3. The normalized spacial score (nSPS) is 11.6. The Morgan fingerprint density at radius 3 is 2.78 bits per heavy atom. The molecule has 18 heavy (non-hydrogen) atoms. The summed E-state index contributed by atoms with van der Waals surface area (Å²) in [7, 11) is 0. The predicted molar refractivity (Wildman–Crippen MR) is 72.9 cm³/mol. The SMILES string of the molecule is CC(Nc1cnc(C#N)cn1)c1cccc(Br)c1. The number of benzene rings is 1. The van der Waals surface area contributed by atoms with E-state index in [1.165, 1.54) is 6.20 Å². The van der Waals surface area contributed by atoms with E-state index in [9.17, 15) is 0 Å². The van der Waals surface area contributed by atoms with Crippen molar-refractivity contribution in [3.8, 4) is 6.07 Å². The molecule has 0 saturated carbocycles. The van der Waals surface area contributed by atoms with Crippen molar-refractivity contribution in [1.29, 1.82) is 5.26 Å². The minimum atomic E-state index is 0.115. The van der Waals surface area contributed by atoms with Gasteiger partial charge >= 0.3 is 0 Å². The van der Waals surface area contributed by atoms with E-state index >= 15 is 0 Å². The first-order chi connectivity index (χ1) is 8.69. The van der Waals surface area contributed by atoms with Gasteiger partial charge in [0.1, 0.15) is 11.9 Å². The van der Waals surface area contributed by atoms with Crippen molar-refractivity contribution in [3.63, 3.8) is 0 Å². The van der Waals surface area contributed by atoms with Gasteiger partial charge in [-0.25, -0.2) is 9.97 Å². The topological polar surface area (TPSA) is 61.6 Å². The molecule has 0 aliphatic heterocycles. The van der Waals surface area contributed by atoms with Crippen LogP contribution in [0.4, 0.5) is 5.82 Å². The number of rotatable bonds is 3. The molecule has 4 nitrogen and oxygen atoms in total. The van der Waals surface area contributed by atoms with Crippen LogP contribution in [-0.4, -0.2) is 9.97 Å². The highest BCUT2D eigenvalue weighted by Crippen LogP contribution is 2.20. The number of anilines is 1. The summed E-state index contributed by atoms with van der Waals surface area (Å²) in [6, 6.07) is 10.1. The van der Waals surface area contributed by atoms with Crippen molar-refractivity contribution in [2.45, 2.75) is 13.0 Å². The predicted octanol–water partition coefficient (Wildman–Crippen LogP) is 3.28. The van der Waals surface area contributed by atoms with Gasteiger partial charge in [-0.05, 0) is 24.6 Å². The highest BCUT2D eigenvalue weighted by Gasteiger charge is 2.06. The molecule has 2 rings (SSSR count). The lowest BCUT2D eigenvalue weighted by Gasteiger charge is -2.14. The Bertz CT molecular complexity index is 574. The maximum absolute atomic E-state index is 8.64. The molecule has 1 N–H and O–H groups in total. The Morgan fingerprint density at radius 2 is 2.17 bits per heavy atom. The molecule has 0 spiro atoms. The lowest BCUT2D eigenvalue weighted by atomic mass is 10.1. The molecule has 5 heteroatoms. The van der Waals surface area contributed by atoms with E-state index in [4.69, 9.17) is 5.26 Å². The maximum atomic E-state index is 8.64. The van der Waals surface area contributed by atoms with Gasteiger partial charge in [-0.1, -0.05) is 28.1 Å². The van der Waals surface area contributed by atoms with E-state index in [1.807, 2.05) is 31.2 Å². The Kier molecular flexibility index (Phi) is 3.90. The third kappa shape index (κ3) is 3.05. The average Bonchev–Trinajstić information content (AvgIpc) is 2.39. The Morgan fingerprint density at radius 1 is 1.33 bits per heavy atom. The third-order valence-electron chi connectivity index (χ3n) is 2.48. The lowest BCUT2D eigenvalue weighted by molar-refractivity contribution is 0.870. The van der Waals surface area contributed by atoms with Crippen LogP contribution in [0.2, 0.25) is 0 Å². The van der Waals surface area contributed by atoms with E-state index in [-0.39, 0.29) is 6.04 Å². The van der Waals surface area contributed by atoms with Gasteiger partial charge in [0, 0.05) is 4.47 Å². The van der Waals surface area contributed by atoms with Crippen molar-refractivity contribution >= 4 is 21.7 Å². The molecule has 1 unspecified atom stereocenters. The molecule has 1 aromatic carbocycles. The standard InChI is InChI=1S/C13H11BrN4/c1-9(10-3-2-4-11(14)5-10)18-13-8-16-12(6-15)7-17-13/h2-5,7-9H,1H3,(H,17,18). The highest BCUT2D eigenvalue weighted by atomic mass is 79.9. The molecule has 1 atom stereocenters. The third-order valence-corrected chi connectivity index (χ3v) is 2.97. The van der Waals surface area contributed by atoms with Crippen LogP contribution >= 0.6 is 15.9 Å². The molecule has 0 radical (unpaired) electrons. The number of halogens is 1. The number of nitrogens with zero attached hydrogens (tertiary/aromatic N) is 3. The molecule has 0 aliphatic rings. The molecular weight excluding hydrogens is 292 g/mol. The largest absolute Gasteiger partial charge is 0.362 e. The van der Waals surface area contributed by atoms with E-state index in [0.717, 1.165) is 10.0 Å². The van der Waals surface area contributed by atoms with E-state index in [1.54, 1.807) is 6.20 Å². The molecule has 0 amide bonds. The quantitative estimate of drug-likeness (QED) is 0.945. The molecule has 0 saturated heterocycles. The van der Waals surface area contributed by atoms with Crippen molar-refractivity contribution in [3.05, 3.63) is 52.4 Å². The highest BCUT2D eigenvalue weighted by molar-refractivity contribution is 9.10. The second-order valence-corrected chi connectivity index (χ2v) is 4.74. The van der Waals surface area contributed by atoms with Crippen LogP contribution in [0, 0.1) is 11.3 Å². The van der Waals surface area contributed by atoms with Gasteiger partial charge < -0.3 is 5.32 Å². The molecule has 0 bridgehead atoms. The second-order valence-electron chi connectivity index (χ2n) is 3.82. The fourth-order valence-electron chi connectivity index (χ4n) is 1.54. The van der Waals surface area contributed by atoms with Gasteiger partial charge in [0.2, 0.25) is 0 Å². The van der Waals surface area contributed by atoms with Gasteiger partial charge in [-0.3, -0.25) is 0 Å². The molecule has 0 aliphatic carbocycles. The Hall–Kier alpha value is -1.93. The van der Waals surface area contributed by atoms with Crippen LogP contribution < -0.4 is 5.32 Å². The summed E-state index contributed by atoms with van der Waals surface area (Å²) in [5.41, 5.74) is 1.46. The molecule has 1 aromatic heterocycles. The van der Waals surface area contributed by atoms with Crippen molar-refractivity contribution in [2.24, 2.45) is 0 Å². The fourth-order valence-corrected chi connectivity index (χ4v) is 1.96. The second kappa shape index (κ2) is 5.61. The fraction of sp³-hybridized carbons (Fsp3) is 0.154. The number of hydrogen-bond donors (Lipinski definition) is 1. The van der Waals surface area contributed by atoms with Crippen molar-refractivity contribution in [2.75, 3.05) is 5.32 Å². The molecule has 90 valence electrons. The molecule has 0 fully saturated rings. The van der Waals surface area contributed by atoms with Crippen molar-refractivity contribution in [1.82, 2.24) is 9.97 Å². The zero-order valence-electron chi connectivity index (χ0n) is 9.76. The first kappa shape index (κ1) is 12.5. The first-order valence-electron chi connectivity index (χ1n) is 5.43. The smallest absolute Gasteiger partial charge is 0.158 e. The number of aromatic nitrogens is 2. The van der Waals surface area contributed by atoms with Gasteiger partial charge in [0.25, 0.3) is 0 Å². The zero-order chi connectivity index (χ0) is 13.0. The van der Waals surface area contributed by atoms with Crippen LogP contribution in [0.5, 0.6) is 0 Å². The number of hydrogen-bond acceptors (Lipinski definition) is 4. The van der Waals surface area contributed by atoms with Crippen LogP contribution in [0.3, 0.4) is 0 Å². The van der Waals surface area contributed by atoms with Crippen LogP contribution in [0.15, 0.2) is 41.1 Å². The average molecular weight is 303 g/mol. The molecule has 2 aromatic rings. The Balaban J connectivity index is 2.11. The van der Waals surface area contributed by atoms with Gasteiger partial charge in [-0.2, -0.15) is 5.26 Å². The number of nitriles is 1. The van der Waals surface area contributed by atoms with Crippen LogP contribution in [0.1, 0.15) is 24.2 Å². The molecule has 1 heterocycles. The monoisotopic (exact) mass is 302 g/mol. The minimum Gasteiger partial charge on any atom is -0.362 e. The molecular formula is C13H11BrN4. The summed E-state index contributed by atoms with van der Waals surface area (Å²) >= 11 is 3.44. The summed E-state index contributed by atoms with van der Waals surface area (Å²) in [5, 5.41) is 11.9. The lowest BCUT2D eigenvalue weighted by Crippen LogP contribution is -2.08. The summed E-state index contributed by atoms with van der Waals surface area (Å²) in [5.74, 6) is 0.654. The van der Waals surface area contributed by atoms with E-state index < -0.39 is 0 Å². The summed E-state index contributed by atoms with van der Waals surface area (Å²) in [6.45, 7) is 2.04. The Labute approximate surface area is 114 Å². The van der Waals surface area contributed by atoms with Crippen LogP contribution in [0.25, 0.3) is 0 Å².